The fourth-order valence-electron chi connectivity index (χ4n) is 3.48. The molecule has 0 aliphatic heterocycles. The van der Waals surface area contributed by atoms with Crippen LogP contribution in [0.4, 0.5) is 14.5 Å². The number of benzene rings is 3. The Morgan fingerprint density at radius 3 is 2.03 bits per heavy atom. The molecule has 2 N–H and O–H groups in total. The zero-order valence-corrected chi connectivity index (χ0v) is 17.8. The van der Waals surface area contributed by atoms with Crippen molar-refractivity contribution in [1.29, 1.82) is 0 Å². The molecule has 3 aromatic carbocycles. The van der Waals surface area contributed by atoms with Gasteiger partial charge < -0.3 is 4.98 Å². The number of hydrogen-bond donors (Lipinski definition) is 2. The maximum Gasteiger partial charge on any atom is 0.261 e. The summed E-state index contributed by atoms with van der Waals surface area (Å²) in [5.41, 5.74) is 3.75. The number of rotatable bonds is 5. The summed E-state index contributed by atoms with van der Waals surface area (Å²) in [5.74, 6) is -0.773. The molecule has 0 saturated heterocycles. The van der Waals surface area contributed by atoms with Crippen molar-refractivity contribution in [2.45, 2.75) is 4.90 Å². The van der Waals surface area contributed by atoms with Crippen molar-refractivity contribution < 1.29 is 17.2 Å². The lowest BCUT2D eigenvalue weighted by atomic mass is 10.1. The van der Waals surface area contributed by atoms with E-state index in [9.17, 15) is 17.2 Å². The second-order valence-corrected chi connectivity index (χ2v) is 8.99. The molecule has 0 aliphatic rings. The fraction of sp³-hybridized carbons (Fsp3) is 0. The van der Waals surface area contributed by atoms with E-state index in [-0.39, 0.29) is 16.4 Å². The highest BCUT2D eigenvalue weighted by Crippen LogP contribution is 2.30. The lowest BCUT2D eigenvalue weighted by Crippen LogP contribution is -2.12. The van der Waals surface area contributed by atoms with E-state index in [0.29, 0.717) is 16.9 Å². The zero-order chi connectivity index (χ0) is 23.0. The summed E-state index contributed by atoms with van der Waals surface area (Å²) in [6.45, 7) is 0. The van der Waals surface area contributed by atoms with Gasteiger partial charge in [-0.15, -0.1) is 0 Å². The van der Waals surface area contributed by atoms with Crippen LogP contribution in [0.5, 0.6) is 0 Å². The zero-order valence-electron chi connectivity index (χ0n) is 17.0. The van der Waals surface area contributed by atoms with Crippen molar-refractivity contribution in [3.63, 3.8) is 0 Å². The van der Waals surface area contributed by atoms with Crippen LogP contribution >= 0.6 is 0 Å². The summed E-state index contributed by atoms with van der Waals surface area (Å²) >= 11 is 0. The molecule has 0 atom stereocenters. The Kier molecular flexibility index (Phi) is 5.10. The minimum Gasteiger partial charge on any atom is -0.339 e. The van der Waals surface area contributed by atoms with Gasteiger partial charge in [0, 0.05) is 22.3 Å². The van der Waals surface area contributed by atoms with E-state index < -0.39 is 15.8 Å². The Morgan fingerprint density at radius 2 is 1.36 bits per heavy atom. The highest BCUT2D eigenvalue weighted by molar-refractivity contribution is 7.92. The molecule has 6 nitrogen and oxygen atoms in total. The van der Waals surface area contributed by atoms with Gasteiger partial charge in [0.2, 0.25) is 0 Å². The predicted molar refractivity (Wildman–Crippen MR) is 122 cm³/mol. The molecule has 0 fully saturated rings. The third kappa shape index (κ3) is 4.18. The third-order valence-electron chi connectivity index (χ3n) is 5.12. The lowest BCUT2D eigenvalue weighted by molar-refractivity contribution is 0.601. The van der Waals surface area contributed by atoms with Gasteiger partial charge in [0.25, 0.3) is 10.0 Å². The van der Waals surface area contributed by atoms with Gasteiger partial charge in [-0.3, -0.25) is 4.72 Å². The Balaban J connectivity index is 1.47. The number of nitrogens with one attached hydrogen (secondary N) is 2. The minimum atomic E-state index is -3.85. The molecule has 0 aliphatic carbocycles. The van der Waals surface area contributed by atoms with Gasteiger partial charge in [-0.1, -0.05) is 12.1 Å². The first-order valence-electron chi connectivity index (χ1n) is 9.87. The number of halogens is 2. The largest absolute Gasteiger partial charge is 0.339 e. The van der Waals surface area contributed by atoms with Crippen molar-refractivity contribution >= 4 is 26.7 Å². The highest BCUT2D eigenvalue weighted by atomic mass is 32.2. The normalized spacial score (nSPS) is 11.6. The van der Waals surface area contributed by atoms with E-state index in [1.807, 2.05) is 6.07 Å². The maximum absolute atomic E-state index is 13.3. The van der Waals surface area contributed by atoms with Crippen LogP contribution in [0.1, 0.15) is 0 Å². The maximum atomic E-state index is 13.3. The van der Waals surface area contributed by atoms with Crippen LogP contribution in [-0.4, -0.2) is 23.4 Å². The smallest absolute Gasteiger partial charge is 0.261 e. The molecule has 0 spiro atoms. The van der Waals surface area contributed by atoms with Crippen LogP contribution in [0.15, 0.2) is 90.1 Å². The Bertz CT molecular complexity index is 1550. The number of hydrogen-bond acceptors (Lipinski definition) is 4. The number of nitrogens with zero attached hydrogens (tertiary/aromatic N) is 2. The van der Waals surface area contributed by atoms with Crippen LogP contribution < -0.4 is 4.72 Å². The molecule has 2 heterocycles. The number of anilines is 1. The first-order valence-corrected chi connectivity index (χ1v) is 11.4. The highest BCUT2D eigenvalue weighted by Gasteiger charge is 2.16. The number of aromatic amines is 1. The quantitative estimate of drug-likeness (QED) is 0.368. The average molecular weight is 462 g/mol. The van der Waals surface area contributed by atoms with Crippen molar-refractivity contribution in [3.8, 4) is 22.5 Å². The Morgan fingerprint density at radius 1 is 0.758 bits per heavy atom. The Labute approximate surface area is 188 Å². The van der Waals surface area contributed by atoms with Crippen LogP contribution in [0.2, 0.25) is 0 Å². The SMILES string of the molecule is O=S(=O)(Nc1ccc(F)cc1)c1ccc(-c2ncnc3[nH]c(-c4ccc(F)cc4)cc23)cc1. The second-order valence-electron chi connectivity index (χ2n) is 7.31. The fourth-order valence-corrected chi connectivity index (χ4v) is 4.54. The Hall–Kier alpha value is -4.11. The van der Waals surface area contributed by atoms with Gasteiger partial charge >= 0.3 is 0 Å². The van der Waals surface area contributed by atoms with Gasteiger partial charge in [0.1, 0.15) is 23.6 Å². The molecular weight excluding hydrogens is 446 g/mol. The van der Waals surface area contributed by atoms with Crippen molar-refractivity contribution in [3.05, 3.63) is 96.8 Å². The molecule has 5 rings (SSSR count). The number of H-pyrrole nitrogens is 1. The van der Waals surface area contributed by atoms with Crippen molar-refractivity contribution in [2.24, 2.45) is 0 Å². The molecule has 2 aromatic heterocycles. The summed E-state index contributed by atoms with van der Waals surface area (Å²) in [6, 6.07) is 19.3. The monoisotopic (exact) mass is 462 g/mol. The van der Waals surface area contributed by atoms with E-state index in [4.69, 9.17) is 0 Å². The van der Waals surface area contributed by atoms with Gasteiger partial charge in [0.05, 0.1) is 10.6 Å². The number of fused-ring (bicyclic) bond motifs is 1. The van der Waals surface area contributed by atoms with Crippen molar-refractivity contribution in [2.75, 3.05) is 4.72 Å². The summed E-state index contributed by atoms with van der Waals surface area (Å²) < 4.78 is 54.1. The number of sulfonamides is 1. The molecule has 0 amide bonds. The summed E-state index contributed by atoms with van der Waals surface area (Å²) in [4.78, 5) is 11.9. The van der Waals surface area contributed by atoms with Crippen molar-refractivity contribution in [1.82, 2.24) is 15.0 Å². The molecule has 0 radical (unpaired) electrons. The van der Waals surface area contributed by atoms with E-state index >= 15 is 0 Å². The topological polar surface area (TPSA) is 87.7 Å². The van der Waals surface area contributed by atoms with Gasteiger partial charge in [-0.25, -0.2) is 27.2 Å². The standard InChI is InChI=1S/C24H16F2N4O2S/c25-17-5-1-15(2-6-17)22-13-21-23(27-14-28-24(21)29-22)16-3-11-20(12-4-16)33(31,32)30-19-9-7-18(26)8-10-19/h1-14,30H,(H,27,28,29). The molecule has 9 heteroatoms. The van der Waals surface area contributed by atoms with E-state index in [1.165, 1.54) is 54.9 Å². The first kappa shape index (κ1) is 20.8. The molecule has 0 unspecified atom stereocenters. The third-order valence-corrected chi connectivity index (χ3v) is 6.51. The van der Waals surface area contributed by atoms with Crippen LogP contribution in [0.3, 0.4) is 0 Å². The van der Waals surface area contributed by atoms with E-state index in [2.05, 4.69) is 19.7 Å². The summed E-state index contributed by atoms with van der Waals surface area (Å²) in [7, 11) is -3.85. The average Bonchev–Trinajstić information content (AvgIpc) is 3.25. The lowest BCUT2D eigenvalue weighted by Gasteiger charge is -2.09. The molecule has 33 heavy (non-hydrogen) atoms. The van der Waals surface area contributed by atoms with Crippen LogP contribution in [-0.2, 0) is 10.0 Å². The van der Waals surface area contributed by atoms with Gasteiger partial charge in [-0.2, -0.15) is 0 Å². The second kappa shape index (κ2) is 8.10. The van der Waals surface area contributed by atoms with Gasteiger partial charge in [-0.05, 0) is 72.3 Å². The van der Waals surface area contributed by atoms with Crippen LogP contribution in [0.25, 0.3) is 33.5 Å². The van der Waals surface area contributed by atoms with E-state index in [0.717, 1.165) is 16.6 Å². The number of aromatic nitrogens is 3. The van der Waals surface area contributed by atoms with E-state index in [1.54, 1.807) is 24.3 Å². The molecule has 0 saturated carbocycles. The van der Waals surface area contributed by atoms with Crippen LogP contribution in [0, 0.1) is 11.6 Å². The molecule has 164 valence electrons. The minimum absolute atomic E-state index is 0.0574. The summed E-state index contributed by atoms with van der Waals surface area (Å²) in [5, 5.41) is 0.747. The predicted octanol–water partition coefficient (Wildman–Crippen LogP) is 5.37. The van der Waals surface area contributed by atoms with Gasteiger partial charge in [0.15, 0.2) is 0 Å². The molecular formula is C24H16F2N4O2S. The molecule has 5 aromatic rings. The first-order chi connectivity index (χ1) is 15.9. The molecule has 0 bridgehead atoms. The summed E-state index contributed by atoms with van der Waals surface area (Å²) in [6.07, 6.45) is 1.42.